The van der Waals surface area contributed by atoms with Gasteiger partial charge < -0.3 is 9.64 Å². The Bertz CT molecular complexity index is 308. The fraction of sp³-hybridized carbons (Fsp3) is 0.625. The summed E-state index contributed by atoms with van der Waals surface area (Å²) < 4.78 is 6.09. The van der Waals surface area contributed by atoms with Gasteiger partial charge in [0, 0.05) is 13.1 Å². The molecule has 0 saturated carbocycles. The van der Waals surface area contributed by atoms with E-state index in [-0.39, 0.29) is 5.82 Å². The van der Waals surface area contributed by atoms with Gasteiger partial charge in [-0.2, -0.15) is 0 Å². The van der Waals surface area contributed by atoms with E-state index in [9.17, 15) is 4.79 Å². The maximum Gasteiger partial charge on any atom is 0.376 e. The van der Waals surface area contributed by atoms with Crippen LogP contribution in [0.5, 0.6) is 0 Å². The number of aromatic nitrogens is 3. The van der Waals surface area contributed by atoms with Crippen LogP contribution in [0.4, 0.5) is 0 Å². The zero-order valence-electron chi connectivity index (χ0n) is 8.52. The van der Waals surface area contributed by atoms with E-state index in [0.717, 1.165) is 6.54 Å². The van der Waals surface area contributed by atoms with Crippen molar-refractivity contribution >= 4 is 5.97 Å². The van der Waals surface area contributed by atoms with Crippen LogP contribution in [0.2, 0.25) is 0 Å². The molecule has 6 heteroatoms. The molecule has 0 atom stereocenters. The molecule has 14 heavy (non-hydrogen) atoms. The van der Waals surface area contributed by atoms with Gasteiger partial charge in [0.15, 0.2) is 0 Å². The number of nitrogens with zero attached hydrogens (tertiary/aromatic N) is 4. The third-order valence-corrected chi connectivity index (χ3v) is 1.70. The van der Waals surface area contributed by atoms with E-state index in [4.69, 9.17) is 0 Å². The lowest BCUT2D eigenvalue weighted by Gasteiger charge is -2.09. The first-order chi connectivity index (χ1) is 6.65. The molecule has 0 unspecified atom stereocenters. The maximum absolute atomic E-state index is 11.2. The molecule has 1 radical (unpaired) electrons. The molecule has 1 aromatic heterocycles. The zero-order valence-corrected chi connectivity index (χ0v) is 8.52. The van der Waals surface area contributed by atoms with Gasteiger partial charge in [-0.1, -0.05) is 0 Å². The molecular weight excluding hydrogens is 184 g/mol. The van der Waals surface area contributed by atoms with Crippen LogP contribution in [0.3, 0.4) is 0 Å². The molecule has 0 aliphatic heterocycles. The molecule has 0 aliphatic rings. The second-order valence-electron chi connectivity index (χ2n) is 3.07. The van der Waals surface area contributed by atoms with E-state index in [1.807, 2.05) is 19.0 Å². The molecule has 0 amide bonds. The van der Waals surface area contributed by atoms with E-state index >= 15 is 0 Å². The van der Waals surface area contributed by atoms with Crippen LogP contribution in [-0.2, 0) is 11.3 Å². The summed E-state index contributed by atoms with van der Waals surface area (Å²) in [6.07, 6.45) is 2.60. The molecule has 1 aromatic rings. The molecule has 0 spiro atoms. The number of methoxy groups -OCH3 is 1. The largest absolute Gasteiger partial charge is 0.463 e. The number of hydrogen-bond donors (Lipinski definition) is 0. The zero-order chi connectivity index (χ0) is 10.6. The quantitative estimate of drug-likeness (QED) is 0.605. The first-order valence-corrected chi connectivity index (χ1v) is 4.19. The number of rotatable bonds is 4. The third kappa shape index (κ3) is 2.53. The normalized spacial score (nSPS) is 10.6. The predicted octanol–water partition coefficient (Wildman–Crippen LogP) is -0.574. The maximum atomic E-state index is 11.2. The van der Waals surface area contributed by atoms with Gasteiger partial charge in [-0.25, -0.2) is 4.79 Å². The van der Waals surface area contributed by atoms with Crippen molar-refractivity contribution in [3.05, 3.63) is 12.2 Å². The topological polar surface area (TPSA) is 60.2 Å². The van der Waals surface area contributed by atoms with Gasteiger partial charge in [-0.15, -0.1) is 10.2 Å². The summed E-state index contributed by atoms with van der Waals surface area (Å²) in [7, 11) is 5.21. The van der Waals surface area contributed by atoms with Gasteiger partial charge >= 0.3 is 5.97 Å². The van der Waals surface area contributed by atoms with Gasteiger partial charge in [0.2, 0.25) is 12.2 Å². The van der Waals surface area contributed by atoms with Crippen molar-refractivity contribution in [3.8, 4) is 0 Å². The van der Waals surface area contributed by atoms with Crippen LogP contribution in [-0.4, -0.2) is 53.4 Å². The summed E-state index contributed by atoms with van der Waals surface area (Å²) in [5.74, 6) is -0.299. The monoisotopic (exact) mass is 197 g/mol. The molecule has 0 fully saturated rings. The van der Waals surface area contributed by atoms with E-state index < -0.39 is 5.97 Å². The summed E-state index contributed by atoms with van der Waals surface area (Å²) >= 11 is 0. The molecule has 77 valence electrons. The average Bonchev–Trinajstić information content (AvgIpc) is 2.61. The number of hydrogen-bond acceptors (Lipinski definition) is 5. The number of esters is 1. The lowest BCUT2D eigenvalue weighted by molar-refractivity contribution is 0.0580. The Morgan fingerprint density at radius 3 is 2.93 bits per heavy atom. The molecule has 0 aliphatic carbocycles. The van der Waals surface area contributed by atoms with Gasteiger partial charge in [-0.3, -0.25) is 4.57 Å². The Hall–Kier alpha value is -1.43. The lowest BCUT2D eigenvalue weighted by Crippen LogP contribution is -2.21. The molecule has 0 bridgehead atoms. The minimum Gasteiger partial charge on any atom is -0.463 e. The van der Waals surface area contributed by atoms with E-state index in [1.54, 1.807) is 4.57 Å². The van der Waals surface area contributed by atoms with E-state index in [1.165, 1.54) is 7.11 Å². The predicted molar refractivity (Wildman–Crippen MR) is 48.8 cm³/mol. The van der Waals surface area contributed by atoms with E-state index in [0.29, 0.717) is 6.54 Å². The van der Waals surface area contributed by atoms with Crippen molar-refractivity contribution in [3.63, 3.8) is 0 Å². The summed E-state index contributed by atoms with van der Waals surface area (Å²) in [5.41, 5.74) is 0. The molecule has 1 heterocycles. The van der Waals surface area contributed by atoms with Crippen LogP contribution in [0.25, 0.3) is 0 Å². The average molecular weight is 197 g/mol. The van der Waals surface area contributed by atoms with Gasteiger partial charge in [-0.05, 0) is 14.1 Å². The minimum atomic E-state index is -0.488. The van der Waals surface area contributed by atoms with Crippen LogP contribution in [0.1, 0.15) is 10.6 Å². The molecule has 0 aromatic carbocycles. The SMILES string of the molecule is COC(=O)c1nn[c]n1CCN(C)C. The molecule has 1 rings (SSSR count). The summed E-state index contributed by atoms with van der Waals surface area (Å²) in [6.45, 7) is 1.41. The highest BCUT2D eigenvalue weighted by molar-refractivity contribution is 5.85. The first-order valence-electron chi connectivity index (χ1n) is 4.19. The summed E-state index contributed by atoms with van der Waals surface area (Å²) in [5, 5.41) is 7.17. The lowest BCUT2D eigenvalue weighted by atomic mass is 10.5. The second-order valence-corrected chi connectivity index (χ2v) is 3.07. The smallest absolute Gasteiger partial charge is 0.376 e. The Morgan fingerprint density at radius 2 is 2.36 bits per heavy atom. The molecule has 6 nitrogen and oxygen atoms in total. The van der Waals surface area contributed by atoms with E-state index in [2.05, 4.69) is 21.3 Å². The highest BCUT2D eigenvalue weighted by Crippen LogP contribution is 1.96. The fourth-order valence-corrected chi connectivity index (χ4v) is 0.923. The minimum absolute atomic E-state index is 0.189. The van der Waals surface area contributed by atoms with Gasteiger partial charge in [0.05, 0.1) is 7.11 Å². The Morgan fingerprint density at radius 1 is 1.64 bits per heavy atom. The van der Waals surface area contributed by atoms with Crippen molar-refractivity contribution in [2.24, 2.45) is 0 Å². The summed E-state index contributed by atoms with van der Waals surface area (Å²) in [4.78, 5) is 13.2. The molecular formula is C8H13N4O2. The van der Waals surface area contributed by atoms with Crippen LogP contribution in [0, 0.1) is 6.33 Å². The molecule has 0 N–H and O–H groups in total. The van der Waals surface area contributed by atoms with Gasteiger partial charge in [0.1, 0.15) is 0 Å². The third-order valence-electron chi connectivity index (χ3n) is 1.70. The Kier molecular flexibility index (Phi) is 3.58. The Labute approximate surface area is 82.5 Å². The number of ether oxygens (including phenoxy) is 1. The van der Waals surface area contributed by atoms with Crippen LogP contribution in [0.15, 0.2) is 0 Å². The highest BCUT2D eigenvalue weighted by Gasteiger charge is 2.14. The fourth-order valence-electron chi connectivity index (χ4n) is 0.923. The van der Waals surface area contributed by atoms with Crippen molar-refractivity contribution in [1.82, 2.24) is 19.7 Å². The molecule has 0 saturated heterocycles. The number of carbonyl (C=O) groups excluding carboxylic acids is 1. The standard InChI is InChI=1S/C8H13N4O2/c1-11(2)4-5-12-6-9-10-7(12)8(13)14-3/h4-5H2,1-3H3. The first kappa shape index (κ1) is 10.6. The Balaban J connectivity index is 2.67. The second kappa shape index (κ2) is 4.71. The highest BCUT2D eigenvalue weighted by atomic mass is 16.5. The van der Waals surface area contributed by atoms with Crippen molar-refractivity contribution < 1.29 is 9.53 Å². The number of carbonyl (C=O) groups is 1. The van der Waals surface area contributed by atoms with Crippen molar-refractivity contribution in [1.29, 1.82) is 0 Å². The van der Waals surface area contributed by atoms with Crippen molar-refractivity contribution in [2.75, 3.05) is 27.7 Å². The van der Waals surface area contributed by atoms with Crippen LogP contribution < -0.4 is 0 Å². The summed E-state index contributed by atoms with van der Waals surface area (Å²) in [6, 6.07) is 0. The van der Waals surface area contributed by atoms with Crippen LogP contribution >= 0.6 is 0 Å². The van der Waals surface area contributed by atoms with Gasteiger partial charge in [0.25, 0.3) is 0 Å². The number of likely N-dealkylation sites (N-methyl/N-ethyl adjacent to an activating group) is 1. The van der Waals surface area contributed by atoms with Crippen molar-refractivity contribution in [2.45, 2.75) is 6.54 Å².